The largest absolute Gasteiger partial charge is 0.435 e. The number of aryl methyl sites for hydroxylation is 1. The Kier molecular flexibility index (Phi) is 7.01. The van der Waals surface area contributed by atoms with E-state index in [-0.39, 0.29) is 35.8 Å². The van der Waals surface area contributed by atoms with Crippen LogP contribution in [-0.2, 0) is 26.0 Å². The molecule has 7 nitrogen and oxygen atoms in total. The SMILES string of the molecule is Cc1ccc(NC(=O)Cc2ccc(OC(F)F)cc2)c(S(=O)(=O)N2CCOCC2)c1. The van der Waals surface area contributed by atoms with Gasteiger partial charge in [0.2, 0.25) is 15.9 Å². The maximum atomic E-state index is 13.1. The molecule has 0 saturated carbocycles. The van der Waals surface area contributed by atoms with Gasteiger partial charge in [0.05, 0.1) is 25.3 Å². The second kappa shape index (κ2) is 9.50. The summed E-state index contributed by atoms with van der Waals surface area (Å²) in [6.07, 6.45) is -0.0557. The summed E-state index contributed by atoms with van der Waals surface area (Å²) in [7, 11) is -3.80. The monoisotopic (exact) mass is 440 g/mol. The van der Waals surface area contributed by atoms with Crippen LogP contribution < -0.4 is 10.1 Å². The molecule has 3 rings (SSSR count). The molecular weight excluding hydrogens is 418 g/mol. The third-order valence-electron chi connectivity index (χ3n) is 4.51. The minimum absolute atomic E-state index is 0.00779. The Bertz CT molecular complexity index is 991. The molecule has 0 bridgehead atoms. The van der Waals surface area contributed by atoms with Crippen LogP contribution in [0.3, 0.4) is 0 Å². The van der Waals surface area contributed by atoms with E-state index in [0.29, 0.717) is 18.8 Å². The molecule has 0 unspecified atom stereocenters. The van der Waals surface area contributed by atoms with Crippen molar-refractivity contribution in [3.63, 3.8) is 0 Å². The van der Waals surface area contributed by atoms with Gasteiger partial charge in [-0.05, 0) is 42.3 Å². The Morgan fingerprint density at radius 1 is 1.17 bits per heavy atom. The first kappa shape index (κ1) is 22.1. The zero-order valence-electron chi connectivity index (χ0n) is 16.3. The predicted octanol–water partition coefficient (Wildman–Crippen LogP) is 2.80. The smallest absolute Gasteiger partial charge is 0.387 e. The summed E-state index contributed by atoms with van der Waals surface area (Å²) in [5, 5.41) is 2.65. The molecule has 30 heavy (non-hydrogen) atoms. The van der Waals surface area contributed by atoms with Crippen molar-refractivity contribution in [3.8, 4) is 5.75 Å². The van der Waals surface area contributed by atoms with Crippen molar-refractivity contribution in [2.24, 2.45) is 0 Å². The molecule has 1 amide bonds. The Labute approximate surface area is 173 Å². The highest BCUT2D eigenvalue weighted by atomic mass is 32.2. The van der Waals surface area contributed by atoms with Gasteiger partial charge in [0.15, 0.2) is 0 Å². The van der Waals surface area contributed by atoms with Crippen molar-refractivity contribution in [1.29, 1.82) is 0 Å². The second-order valence-corrected chi connectivity index (χ2v) is 8.67. The maximum absolute atomic E-state index is 13.1. The fraction of sp³-hybridized carbons (Fsp3) is 0.350. The number of morpholine rings is 1. The highest BCUT2D eigenvalue weighted by molar-refractivity contribution is 7.89. The first-order valence-corrected chi connectivity index (χ1v) is 10.7. The van der Waals surface area contributed by atoms with Crippen LogP contribution in [0.15, 0.2) is 47.4 Å². The summed E-state index contributed by atoms with van der Waals surface area (Å²) in [5.74, 6) is -0.439. The minimum Gasteiger partial charge on any atom is -0.435 e. The van der Waals surface area contributed by atoms with E-state index < -0.39 is 22.5 Å². The lowest BCUT2D eigenvalue weighted by Gasteiger charge is -2.27. The fourth-order valence-electron chi connectivity index (χ4n) is 3.04. The lowest BCUT2D eigenvalue weighted by molar-refractivity contribution is -0.115. The Morgan fingerprint density at radius 3 is 2.47 bits per heavy atom. The van der Waals surface area contributed by atoms with Crippen LogP contribution in [0.1, 0.15) is 11.1 Å². The van der Waals surface area contributed by atoms with Gasteiger partial charge in [-0.2, -0.15) is 13.1 Å². The van der Waals surface area contributed by atoms with Crippen molar-refractivity contribution in [2.45, 2.75) is 24.9 Å². The van der Waals surface area contributed by atoms with Gasteiger partial charge in [0.1, 0.15) is 10.6 Å². The van der Waals surface area contributed by atoms with E-state index in [0.717, 1.165) is 5.56 Å². The van der Waals surface area contributed by atoms with Gasteiger partial charge in [-0.1, -0.05) is 18.2 Å². The number of nitrogens with one attached hydrogen (secondary N) is 1. The molecule has 10 heteroatoms. The maximum Gasteiger partial charge on any atom is 0.387 e. The summed E-state index contributed by atoms with van der Waals surface area (Å²) in [6.45, 7) is -0.0244. The summed E-state index contributed by atoms with van der Waals surface area (Å²) >= 11 is 0. The Morgan fingerprint density at radius 2 is 1.83 bits per heavy atom. The van der Waals surface area contributed by atoms with E-state index in [4.69, 9.17) is 4.74 Å². The predicted molar refractivity (Wildman–Crippen MR) is 106 cm³/mol. The molecule has 1 aliphatic rings. The molecule has 1 heterocycles. The van der Waals surface area contributed by atoms with Gasteiger partial charge >= 0.3 is 6.61 Å². The van der Waals surface area contributed by atoms with Crippen molar-refractivity contribution in [2.75, 3.05) is 31.6 Å². The van der Waals surface area contributed by atoms with Crippen LogP contribution in [-0.4, -0.2) is 51.5 Å². The van der Waals surface area contributed by atoms with Crippen LogP contribution in [0.25, 0.3) is 0 Å². The summed E-state index contributed by atoms with van der Waals surface area (Å²) in [4.78, 5) is 12.5. The fourth-order valence-corrected chi connectivity index (χ4v) is 4.68. The topological polar surface area (TPSA) is 84.9 Å². The van der Waals surface area contributed by atoms with E-state index >= 15 is 0 Å². The summed E-state index contributed by atoms with van der Waals surface area (Å²) in [6, 6.07) is 10.5. The lowest BCUT2D eigenvalue weighted by atomic mass is 10.1. The number of hydrogen-bond acceptors (Lipinski definition) is 5. The highest BCUT2D eigenvalue weighted by Gasteiger charge is 2.29. The number of halogens is 2. The third kappa shape index (κ3) is 5.53. The van der Waals surface area contributed by atoms with Crippen LogP contribution in [0, 0.1) is 6.92 Å². The number of sulfonamides is 1. The average molecular weight is 440 g/mol. The molecule has 1 fully saturated rings. The zero-order chi connectivity index (χ0) is 21.7. The molecule has 0 atom stereocenters. The molecule has 1 saturated heterocycles. The van der Waals surface area contributed by atoms with E-state index in [9.17, 15) is 22.0 Å². The molecule has 162 valence electrons. The first-order valence-electron chi connectivity index (χ1n) is 9.28. The van der Waals surface area contributed by atoms with Gasteiger partial charge in [0.25, 0.3) is 0 Å². The first-order chi connectivity index (χ1) is 14.3. The van der Waals surface area contributed by atoms with E-state index in [1.165, 1.54) is 34.6 Å². The van der Waals surface area contributed by atoms with E-state index in [1.54, 1.807) is 19.1 Å². The molecule has 0 aromatic heterocycles. The number of nitrogens with zero attached hydrogens (tertiary/aromatic N) is 1. The molecule has 0 aliphatic carbocycles. The third-order valence-corrected chi connectivity index (χ3v) is 6.45. The number of hydrogen-bond donors (Lipinski definition) is 1. The molecule has 2 aromatic rings. The van der Waals surface area contributed by atoms with Crippen LogP contribution in [0.2, 0.25) is 0 Å². The Balaban J connectivity index is 1.75. The van der Waals surface area contributed by atoms with Crippen LogP contribution in [0.5, 0.6) is 5.75 Å². The van der Waals surface area contributed by atoms with Gasteiger partial charge in [-0.25, -0.2) is 8.42 Å². The number of amides is 1. The standard InChI is InChI=1S/C20H22F2N2O5S/c1-14-2-7-17(18(12-14)30(26,27)24-8-10-28-11-9-24)23-19(25)13-15-3-5-16(6-4-15)29-20(21)22/h2-7,12,20H,8-11,13H2,1H3,(H,23,25). The molecule has 1 aliphatic heterocycles. The minimum atomic E-state index is -3.80. The molecular formula is C20H22F2N2O5S. The zero-order valence-corrected chi connectivity index (χ0v) is 17.1. The van der Waals surface area contributed by atoms with Crippen LogP contribution in [0.4, 0.5) is 14.5 Å². The van der Waals surface area contributed by atoms with Crippen molar-refractivity contribution < 1.29 is 31.5 Å². The number of rotatable bonds is 7. The number of anilines is 1. The second-order valence-electron chi connectivity index (χ2n) is 6.76. The summed E-state index contributed by atoms with van der Waals surface area (Å²) in [5.41, 5.74) is 1.50. The molecule has 0 spiro atoms. The number of carbonyl (C=O) groups is 1. The van der Waals surface area contributed by atoms with Gasteiger partial charge < -0.3 is 14.8 Å². The normalized spacial score (nSPS) is 15.2. The number of alkyl halides is 2. The number of benzene rings is 2. The van der Waals surface area contributed by atoms with Crippen molar-refractivity contribution >= 4 is 21.6 Å². The molecule has 0 radical (unpaired) electrons. The highest BCUT2D eigenvalue weighted by Crippen LogP contribution is 2.27. The quantitative estimate of drug-likeness (QED) is 0.716. The van der Waals surface area contributed by atoms with E-state index in [1.807, 2.05) is 0 Å². The lowest BCUT2D eigenvalue weighted by Crippen LogP contribution is -2.41. The summed E-state index contributed by atoms with van der Waals surface area (Å²) < 4.78 is 61.4. The van der Waals surface area contributed by atoms with Crippen LogP contribution >= 0.6 is 0 Å². The van der Waals surface area contributed by atoms with Gasteiger partial charge in [-0.15, -0.1) is 0 Å². The van der Waals surface area contributed by atoms with Crippen molar-refractivity contribution in [1.82, 2.24) is 4.31 Å². The van der Waals surface area contributed by atoms with E-state index in [2.05, 4.69) is 10.1 Å². The molecule has 2 aromatic carbocycles. The van der Waals surface area contributed by atoms with Crippen molar-refractivity contribution in [3.05, 3.63) is 53.6 Å². The van der Waals surface area contributed by atoms with Gasteiger partial charge in [-0.3, -0.25) is 4.79 Å². The average Bonchev–Trinajstić information content (AvgIpc) is 2.71. The number of ether oxygens (including phenoxy) is 2. The van der Waals surface area contributed by atoms with Gasteiger partial charge in [0, 0.05) is 13.1 Å². The molecule has 1 N–H and O–H groups in total. The Hall–Kier alpha value is -2.56. The number of carbonyl (C=O) groups excluding carboxylic acids is 1.